The zero-order valence-corrected chi connectivity index (χ0v) is 13.9. The highest BCUT2D eigenvalue weighted by Crippen LogP contribution is 2.19. The maximum atomic E-state index is 12.4. The van der Waals surface area contributed by atoms with Crippen LogP contribution in [0.2, 0.25) is 0 Å². The molecule has 0 aliphatic carbocycles. The van der Waals surface area contributed by atoms with E-state index >= 15 is 0 Å². The summed E-state index contributed by atoms with van der Waals surface area (Å²) < 4.78 is 2.11. The van der Waals surface area contributed by atoms with Gasteiger partial charge >= 0.3 is 0 Å². The Hall–Kier alpha value is -2.66. The Morgan fingerprint density at radius 2 is 2.04 bits per heavy atom. The van der Waals surface area contributed by atoms with Gasteiger partial charge in [-0.2, -0.15) is 0 Å². The van der Waals surface area contributed by atoms with E-state index in [0.717, 1.165) is 23.0 Å². The average molecular weight is 323 g/mol. The van der Waals surface area contributed by atoms with Gasteiger partial charge in [-0.1, -0.05) is 19.1 Å². The molecule has 2 heterocycles. The maximum Gasteiger partial charge on any atom is 0.256 e. The van der Waals surface area contributed by atoms with E-state index in [0.29, 0.717) is 11.4 Å². The fourth-order valence-electron chi connectivity index (χ4n) is 2.68. The van der Waals surface area contributed by atoms with Gasteiger partial charge in [-0.05, 0) is 30.7 Å². The predicted octanol–water partition coefficient (Wildman–Crippen LogP) is 3.40. The normalized spacial score (nSPS) is 12.3. The van der Waals surface area contributed by atoms with Crippen LogP contribution in [0, 0.1) is 0 Å². The predicted molar refractivity (Wildman–Crippen MR) is 95.3 cm³/mol. The van der Waals surface area contributed by atoms with Crippen LogP contribution in [-0.4, -0.2) is 27.2 Å². The minimum Gasteiger partial charge on any atom is -0.396 e. The first-order valence-electron chi connectivity index (χ1n) is 8.09. The lowest BCUT2D eigenvalue weighted by atomic mass is 10.0. The maximum absolute atomic E-state index is 12.4. The van der Waals surface area contributed by atoms with Crippen LogP contribution < -0.4 is 5.32 Å². The number of nitrogens with zero attached hydrogens (tertiary/aromatic N) is 2. The number of hydrogen-bond donors (Lipinski definition) is 2. The molecule has 1 amide bonds. The van der Waals surface area contributed by atoms with E-state index < -0.39 is 0 Å². The molecule has 3 rings (SSSR count). The molecular weight excluding hydrogens is 302 g/mol. The van der Waals surface area contributed by atoms with Crippen molar-refractivity contribution in [3.05, 3.63) is 59.9 Å². The van der Waals surface area contributed by atoms with Crippen LogP contribution in [0.15, 0.2) is 48.8 Å². The van der Waals surface area contributed by atoms with Gasteiger partial charge in [0.2, 0.25) is 0 Å². The Labute approximate surface area is 141 Å². The van der Waals surface area contributed by atoms with E-state index in [9.17, 15) is 9.90 Å². The van der Waals surface area contributed by atoms with E-state index in [1.54, 1.807) is 18.3 Å². The molecular formula is C19H21N3O2. The molecule has 0 saturated carbocycles. The van der Waals surface area contributed by atoms with Gasteiger partial charge in [0, 0.05) is 48.5 Å². The van der Waals surface area contributed by atoms with Crippen LogP contribution in [0.5, 0.6) is 0 Å². The third-order valence-corrected chi connectivity index (χ3v) is 4.25. The molecule has 0 spiro atoms. The van der Waals surface area contributed by atoms with Crippen molar-refractivity contribution in [2.75, 3.05) is 11.9 Å². The van der Waals surface area contributed by atoms with E-state index in [-0.39, 0.29) is 18.4 Å². The van der Waals surface area contributed by atoms with Gasteiger partial charge in [-0.25, -0.2) is 4.98 Å². The second-order valence-corrected chi connectivity index (χ2v) is 5.89. The molecule has 5 nitrogen and oxygen atoms in total. The molecule has 0 aliphatic rings. The minimum atomic E-state index is -0.195. The summed E-state index contributed by atoms with van der Waals surface area (Å²) in [7, 11) is 0. The summed E-state index contributed by atoms with van der Waals surface area (Å²) in [5.41, 5.74) is 2.63. The van der Waals surface area contributed by atoms with Crippen molar-refractivity contribution >= 4 is 22.6 Å². The molecule has 0 saturated heterocycles. The van der Waals surface area contributed by atoms with Crippen molar-refractivity contribution in [3.8, 4) is 0 Å². The number of aliphatic hydroxyl groups excluding tert-OH is 1. The molecule has 1 atom stereocenters. The lowest BCUT2D eigenvalue weighted by molar-refractivity contribution is 0.102. The lowest BCUT2D eigenvalue weighted by Crippen LogP contribution is -2.13. The number of anilines is 1. The number of hydrogen-bond acceptors (Lipinski definition) is 3. The summed E-state index contributed by atoms with van der Waals surface area (Å²) in [4.78, 5) is 16.7. The first-order chi connectivity index (χ1) is 11.6. The van der Waals surface area contributed by atoms with E-state index in [2.05, 4.69) is 21.8 Å². The summed E-state index contributed by atoms with van der Waals surface area (Å²) >= 11 is 0. The first kappa shape index (κ1) is 16.2. The fraction of sp³-hybridized carbons (Fsp3) is 0.263. The van der Waals surface area contributed by atoms with Crippen LogP contribution in [0.4, 0.5) is 5.82 Å². The highest BCUT2D eigenvalue weighted by molar-refractivity contribution is 6.04. The van der Waals surface area contributed by atoms with Crippen molar-refractivity contribution in [3.63, 3.8) is 0 Å². The van der Waals surface area contributed by atoms with Crippen LogP contribution >= 0.6 is 0 Å². The van der Waals surface area contributed by atoms with Crippen molar-refractivity contribution in [1.82, 2.24) is 9.55 Å². The number of nitrogens with one attached hydrogen (secondary N) is 1. The molecule has 24 heavy (non-hydrogen) atoms. The Morgan fingerprint density at radius 3 is 2.71 bits per heavy atom. The standard InChI is InChI=1S/C19H21N3O2/c1-3-22-9-8-16-11-20-18(10-17(16)22)21-19(24)15-6-4-14(5-7-15)13(2)12-23/h4-11,13,23H,3,12H2,1-2H3,(H,20,21,24). The first-order valence-corrected chi connectivity index (χ1v) is 8.09. The highest BCUT2D eigenvalue weighted by atomic mass is 16.3. The van der Waals surface area contributed by atoms with Gasteiger partial charge in [0.25, 0.3) is 5.91 Å². The summed E-state index contributed by atoms with van der Waals surface area (Å²) in [5, 5.41) is 13.1. The number of carbonyl (C=O) groups excluding carboxylic acids is 1. The SMILES string of the molecule is CCn1ccc2cnc(NC(=O)c3ccc(C(C)CO)cc3)cc21. The average Bonchev–Trinajstić information content (AvgIpc) is 3.03. The van der Waals surface area contributed by atoms with Gasteiger partial charge < -0.3 is 15.0 Å². The Balaban J connectivity index is 1.79. The fourth-order valence-corrected chi connectivity index (χ4v) is 2.68. The van der Waals surface area contributed by atoms with Gasteiger partial charge in [0.05, 0.1) is 5.52 Å². The number of rotatable bonds is 5. The van der Waals surface area contributed by atoms with Gasteiger partial charge in [0.15, 0.2) is 0 Å². The second-order valence-electron chi connectivity index (χ2n) is 5.89. The number of aliphatic hydroxyl groups is 1. The highest BCUT2D eigenvalue weighted by Gasteiger charge is 2.10. The van der Waals surface area contributed by atoms with Crippen LogP contribution in [-0.2, 0) is 6.54 Å². The van der Waals surface area contributed by atoms with E-state index in [1.165, 1.54) is 0 Å². The summed E-state index contributed by atoms with van der Waals surface area (Å²) in [6, 6.07) is 11.2. The molecule has 1 aromatic carbocycles. The minimum absolute atomic E-state index is 0.0630. The molecule has 5 heteroatoms. The van der Waals surface area contributed by atoms with Gasteiger partial charge in [0.1, 0.15) is 5.82 Å². The van der Waals surface area contributed by atoms with Crippen LogP contribution in [0.25, 0.3) is 10.9 Å². The van der Waals surface area contributed by atoms with E-state index in [1.807, 2.05) is 37.4 Å². The molecule has 2 aromatic heterocycles. The molecule has 2 N–H and O–H groups in total. The second kappa shape index (κ2) is 6.84. The van der Waals surface area contributed by atoms with Crippen molar-refractivity contribution in [2.45, 2.75) is 26.3 Å². The zero-order valence-electron chi connectivity index (χ0n) is 13.9. The zero-order chi connectivity index (χ0) is 17.1. The van der Waals surface area contributed by atoms with Crippen molar-refractivity contribution in [1.29, 1.82) is 0 Å². The Kier molecular flexibility index (Phi) is 4.62. The molecule has 0 fully saturated rings. The quantitative estimate of drug-likeness (QED) is 0.756. The van der Waals surface area contributed by atoms with Gasteiger partial charge in [-0.15, -0.1) is 0 Å². The third-order valence-electron chi connectivity index (χ3n) is 4.25. The monoisotopic (exact) mass is 323 g/mol. The summed E-state index contributed by atoms with van der Waals surface area (Å²) in [6.45, 7) is 4.97. The Bertz CT molecular complexity index is 853. The summed E-state index contributed by atoms with van der Waals surface area (Å²) in [6.07, 6.45) is 3.78. The van der Waals surface area contributed by atoms with Gasteiger partial charge in [-0.3, -0.25) is 4.79 Å². The number of aromatic nitrogens is 2. The lowest BCUT2D eigenvalue weighted by Gasteiger charge is -2.09. The number of amides is 1. The van der Waals surface area contributed by atoms with Crippen LogP contribution in [0.3, 0.4) is 0 Å². The smallest absolute Gasteiger partial charge is 0.256 e. The molecule has 0 radical (unpaired) electrons. The van der Waals surface area contributed by atoms with E-state index in [4.69, 9.17) is 0 Å². The van der Waals surface area contributed by atoms with Crippen LogP contribution in [0.1, 0.15) is 35.7 Å². The van der Waals surface area contributed by atoms with Crippen molar-refractivity contribution in [2.24, 2.45) is 0 Å². The largest absolute Gasteiger partial charge is 0.396 e. The number of pyridine rings is 1. The number of benzene rings is 1. The molecule has 124 valence electrons. The summed E-state index contributed by atoms with van der Waals surface area (Å²) in [5.74, 6) is 0.404. The molecule has 3 aromatic rings. The molecule has 0 aliphatic heterocycles. The number of carbonyl (C=O) groups is 1. The molecule has 1 unspecified atom stereocenters. The topological polar surface area (TPSA) is 67.2 Å². The molecule has 0 bridgehead atoms. The number of fused-ring (bicyclic) bond motifs is 1. The van der Waals surface area contributed by atoms with Crippen molar-refractivity contribution < 1.29 is 9.90 Å². The Morgan fingerprint density at radius 1 is 1.29 bits per heavy atom. The third kappa shape index (κ3) is 3.16. The number of aryl methyl sites for hydroxylation is 1.